The van der Waals surface area contributed by atoms with Gasteiger partial charge in [0.05, 0.1) is 18.1 Å². The molecule has 0 saturated heterocycles. The molecule has 0 amide bonds. The summed E-state index contributed by atoms with van der Waals surface area (Å²) >= 11 is 0. The predicted octanol–water partition coefficient (Wildman–Crippen LogP) is 2.03. The Morgan fingerprint density at radius 2 is 2.05 bits per heavy atom. The average Bonchev–Trinajstić information content (AvgIpc) is 2.87. The molecule has 0 aliphatic heterocycles. The maximum atomic E-state index is 5.82. The number of nitrogens with two attached hydrogens (primary N) is 1. The summed E-state index contributed by atoms with van der Waals surface area (Å²) < 4.78 is 0. The zero-order chi connectivity index (χ0) is 13.7. The van der Waals surface area contributed by atoms with Crippen LogP contribution < -0.4 is 5.73 Å². The third-order valence-electron chi connectivity index (χ3n) is 3.09. The minimum absolute atomic E-state index is 0.473. The van der Waals surface area contributed by atoms with E-state index in [9.17, 15) is 0 Å². The van der Waals surface area contributed by atoms with E-state index in [0.29, 0.717) is 18.4 Å². The smallest absolute Gasteiger partial charge is 0.106 e. The molecule has 5 nitrogen and oxygen atoms in total. The van der Waals surface area contributed by atoms with Gasteiger partial charge in [-0.2, -0.15) is 0 Å². The SMILES string of the molecule is CC(C)CC(CN)Cc1ncc(-c2cnccn2)[nH]1. The van der Waals surface area contributed by atoms with E-state index in [4.69, 9.17) is 5.73 Å². The van der Waals surface area contributed by atoms with Gasteiger partial charge in [-0.3, -0.25) is 9.97 Å². The standard InChI is InChI=1S/C14H21N5/c1-10(2)5-11(7-15)6-14-18-9-13(19-14)12-8-16-3-4-17-12/h3-4,8-11H,5-7,15H2,1-2H3,(H,18,19). The summed E-state index contributed by atoms with van der Waals surface area (Å²) in [4.78, 5) is 16.0. The molecule has 0 bridgehead atoms. The van der Waals surface area contributed by atoms with Gasteiger partial charge in [0.25, 0.3) is 0 Å². The van der Waals surface area contributed by atoms with Crippen LogP contribution in [0.5, 0.6) is 0 Å². The fourth-order valence-electron chi connectivity index (χ4n) is 2.24. The van der Waals surface area contributed by atoms with E-state index < -0.39 is 0 Å². The highest BCUT2D eigenvalue weighted by molar-refractivity contribution is 5.51. The van der Waals surface area contributed by atoms with Gasteiger partial charge in [-0.1, -0.05) is 13.8 Å². The lowest BCUT2D eigenvalue weighted by Crippen LogP contribution is -2.19. The molecule has 0 aliphatic rings. The number of H-pyrrole nitrogens is 1. The number of hydrogen-bond acceptors (Lipinski definition) is 4. The van der Waals surface area contributed by atoms with Crippen molar-refractivity contribution < 1.29 is 0 Å². The van der Waals surface area contributed by atoms with Gasteiger partial charge in [-0.25, -0.2) is 4.98 Å². The Morgan fingerprint density at radius 3 is 2.68 bits per heavy atom. The maximum Gasteiger partial charge on any atom is 0.106 e. The highest BCUT2D eigenvalue weighted by atomic mass is 14.9. The number of rotatable bonds is 6. The van der Waals surface area contributed by atoms with E-state index in [2.05, 4.69) is 33.8 Å². The molecule has 3 N–H and O–H groups in total. The average molecular weight is 259 g/mol. The van der Waals surface area contributed by atoms with E-state index >= 15 is 0 Å². The van der Waals surface area contributed by atoms with Crippen molar-refractivity contribution in [2.75, 3.05) is 6.54 Å². The summed E-state index contributed by atoms with van der Waals surface area (Å²) in [6, 6.07) is 0. The lowest BCUT2D eigenvalue weighted by molar-refractivity contribution is 0.409. The van der Waals surface area contributed by atoms with Crippen LogP contribution in [0.4, 0.5) is 0 Å². The quantitative estimate of drug-likeness (QED) is 0.831. The molecule has 0 radical (unpaired) electrons. The predicted molar refractivity (Wildman–Crippen MR) is 75.3 cm³/mol. The molecule has 0 spiro atoms. The van der Waals surface area contributed by atoms with Gasteiger partial charge in [-0.05, 0) is 24.8 Å². The molecule has 2 aromatic rings. The Hall–Kier alpha value is -1.75. The fraction of sp³-hybridized carbons (Fsp3) is 0.500. The molecule has 2 heterocycles. The number of hydrogen-bond donors (Lipinski definition) is 2. The molecule has 0 aliphatic carbocycles. The molecule has 5 heteroatoms. The molecule has 0 aromatic carbocycles. The Kier molecular flexibility index (Phi) is 4.63. The van der Waals surface area contributed by atoms with Gasteiger partial charge in [0, 0.05) is 18.8 Å². The summed E-state index contributed by atoms with van der Waals surface area (Å²) in [5.74, 6) is 2.10. The van der Waals surface area contributed by atoms with Gasteiger partial charge in [0.1, 0.15) is 11.5 Å². The Balaban J connectivity index is 2.05. The van der Waals surface area contributed by atoms with Crippen molar-refractivity contribution in [1.82, 2.24) is 19.9 Å². The minimum Gasteiger partial charge on any atom is -0.341 e. The van der Waals surface area contributed by atoms with E-state index in [-0.39, 0.29) is 0 Å². The van der Waals surface area contributed by atoms with Crippen LogP contribution in [0.3, 0.4) is 0 Å². The lowest BCUT2D eigenvalue weighted by Gasteiger charge is -2.15. The molecule has 2 rings (SSSR count). The summed E-state index contributed by atoms with van der Waals surface area (Å²) in [7, 11) is 0. The van der Waals surface area contributed by atoms with Gasteiger partial charge in [0.15, 0.2) is 0 Å². The monoisotopic (exact) mass is 259 g/mol. The molecular formula is C14H21N5. The van der Waals surface area contributed by atoms with Gasteiger partial charge >= 0.3 is 0 Å². The first-order chi connectivity index (χ1) is 9.19. The molecule has 19 heavy (non-hydrogen) atoms. The largest absolute Gasteiger partial charge is 0.341 e. The summed E-state index contributed by atoms with van der Waals surface area (Å²) in [6.45, 7) is 5.13. The van der Waals surface area contributed by atoms with Crippen molar-refractivity contribution in [3.8, 4) is 11.4 Å². The van der Waals surface area contributed by atoms with Crippen molar-refractivity contribution in [1.29, 1.82) is 0 Å². The van der Waals surface area contributed by atoms with Crippen molar-refractivity contribution in [3.63, 3.8) is 0 Å². The normalized spacial score (nSPS) is 12.8. The summed E-state index contributed by atoms with van der Waals surface area (Å²) in [6.07, 6.45) is 8.88. The first-order valence-electron chi connectivity index (χ1n) is 6.69. The zero-order valence-electron chi connectivity index (χ0n) is 11.5. The van der Waals surface area contributed by atoms with Crippen LogP contribution in [0, 0.1) is 11.8 Å². The lowest BCUT2D eigenvalue weighted by atomic mass is 9.94. The third-order valence-corrected chi connectivity index (χ3v) is 3.09. The van der Waals surface area contributed by atoms with Crippen molar-refractivity contribution in [3.05, 3.63) is 30.6 Å². The second kappa shape index (κ2) is 6.43. The van der Waals surface area contributed by atoms with Gasteiger partial charge < -0.3 is 10.7 Å². The van der Waals surface area contributed by atoms with Crippen LogP contribution in [0.15, 0.2) is 24.8 Å². The Labute approximate surface area is 113 Å². The Bertz CT molecular complexity index is 492. The van der Waals surface area contributed by atoms with Gasteiger partial charge in [-0.15, -0.1) is 0 Å². The highest BCUT2D eigenvalue weighted by Gasteiger charge is 2.13. The van der Waals surface area contributed by atoms with Crippen LogP contribution in [0.1, 0.15) is 26.1 Å². The first kappa shape index (κ1) is 13.7. The summed E-state index contributed by atoms with van der Waals surface area (Å²) in [5, 5.41) is 0. The second-order valence-corrected chi connectivity index (χ2v) is 5.27. The Morgan fingerprint density at radius 1 is 1.21 bits per heavy atom. The van der Waals surface area contributed by atoms with Crippen molar-refractivity contribution in [2.24, 2.45) is 17.6 Å². The first-order valence-corrected chi connectivity index (χ1v) is 6.69. The highest BCUT2D eigenvalue weighted by Crippen LogP contribution is 2.17. The number of nitrogens with one attached hydrogen (secondary N) is 1. The topological polar surface area (TPSA) is 80.5 Å². The van der Waals surface area contributed by atoms with Gasteiger partial charge in [0.2, 0.25) is 0 Å². The molecule has 0 saturated carbocycles. The number of aromatic amines is 1. The van der Waals surface area contributed by atoms with Crippen LogP contribution in [0.2, 0.25) is 0 Å². The van der Waals surface area contributed by atoms with Crippen LogP contribution in [0.25, 0.3) is 11.4 Å². The molecule has 1 atom stereocenters. The van der Waals surface area contributed by atoms with E-state index in [1.54, 1.807) is 18.6 Å². The third kappa shape index (κ3) is 3.86. The molecular weight excluding hydrogens is 238 g/mol. The van der Waals surface area contributed by atoms with E-state index in [0.717, 1.165) is 30.1 Å². The number of imidazole rings is 1. The maximum absolute atomic E-state index is 5.82. The second-order valence-electron chi connectivity index (χ2n) is 5.27. The molecule has 1 unspecified atom stereocenters. The van der Waals surface area contributed by atoms with Crippen LogP contribution >= 0.6 is 0 Å². The number of aromatic nitrogens is 4. The molecule has 2 aromatic heterocycles. The summed E-state index contributed by atoms with van der Waals surface area (Å²) in [5.41, 5.74) is 7.54. The van der Waals surface area contributed by atoms with Crippen molar-refractivity contribution in [2.45, 2.75) is 26.7 Å². The molecule has 102 valence electrons. The number of nitrogens with zero attached hydrogens (tertiary/aromatic N) is 3. The molecule has 0 fully saturated rings. The minimum atomic E-state index is 0.473. The van der Waals surface area contributed by atoms with Crippen molar-refractivity contribution >= 4 is 0 Å². The van der Waals surface area contributed by atoms with E-state index in [1.165, 1.54) is 0 Å². The fourth-order valence-corrected chi connectivity index (χ4v) is 2.24. The zero-order valence-corrected chi connectivity index (χ0v) is 11.5. The van der Waals surface area contributed by atoms with E-state index in [1.807, 2.05) is 6.20 Å². The van der Waals surface area contributed by atoms with Crippen LogP contribution in [-0.2, 0) is 6.42 Å². The van der Waals surface area contributed by atoms with Crippen LogP contribution in [-0.4, -0.2) is 26.5 Å².